The molecule has 0 saturated heterocycles. The first-order chi connectivity index (χ1) is 9.49. The summed E-state index contributed by atoms with van der Waals surface area (Å²) in [4.78, 5) is 22.8. The Bertz CT molecular complexity index is 669. The second kappa shape index (κ2) is 5.44. The molecule has 1 aromatic heterocycles. The number of carboxylic acid groups (broad SMARTS) is 1. The smallest absolute Gasteiger partial charge is 0.335 e. The van der Waals surface area contributed by atoms with E-state index in [-0.39, 0.29) is 11.5 Å². The van der Waals surface area contributed by atoms with Crippen LogP contribution in [0.2, 0.25) is 0 Å². The molecule has 1 amide bonds. The Hall–Kier alpha value is -2.82. The fourth-order valence-electron chi connectivity index (χ4n) is 1.79. The summed E-state index contributed by atoms with van der Waals surface area (Å²) in [5.41, 5.74) is 1.77. The lowest BCUT2D eigenvalue weighted by atomic mass is 10.1. The molecule has 0 spiro atoms. The molecule has 2 N–H and O–H groups in total. The van der Waals surface area contributed by atoms with Crippen LogP contribution in [0.1, 0.15) is 16.1 Å². The number of aromatic carboxylic acids is 1. The van der Waals surface area contributed by atoms with Gasteiger partial charge in [-0.2, -0.15) is 0 Å². The van der Waals surface area contributed by atoms with Crippen molar-refractivity contribution in [3.8, 4) is 0 Å². The molecule has 0 fully saturated rings. The van der Waals surface area contributed by atoms with Gasteiger partial charge in [0.15, 0.2) is 0 Å². The molecule has 1 heterocycles. The average molecular weight is 270 g/mol. The van der Waals surface area contributed by atoms with E-state index >= 15 is 0 Å². The van der Waals surface area contributed by atoms with E-state index in [0.29, 0.717) is 11.3 Å². The van der Waals surface area contributed by atoms with E-state index in [2.05, 4.69) is 11.9 Å². The van der Waals surface area contributed by atoms with Crippen LogP contribution in [0.15, 0.2) is 49.2 Å². The number of amides is 1. The van der Waals surface area contributed by atoms with Crippen LogP contribution in [0.3, 0.4) is 0 Å². The van der Waals surface area contributed by atoms with Crippen molar-refractivity contribution in [3.05, 3.63) is 60.4 Å². The average Bonchev–Trinajstić information content (AvgIpc) is 2.84. The van der Waals surface area contributed by atoms with Crippen LogP contribution in [0.5, 0.6) is 0 Å². The molecule has 0 aliphatic carbocycles. The number of hydrogen-bond donors (Lipinski definition) is 2. The zero-order valence-corrected chi connectivity index (χ0v) is 11.0. The van der Waals surface area contributed by atoms with Gasteiger partial charge in [0.2, 0.25) is 0 Å². The molecule has 0 aliphatic heterocycles. The Morgan fingerprint density at radius 2 is 1.85 bits per heavy atom. The fourth-order valence-corrected chi connectivity index (χ4v) is 1.79. The summed E-state index contributed by atoms with van der Waals surface area (Å²) in [6, 6.07) is 9.58. The second-order valence-electron chi connectivity index (χ2n) is 4.32. The summed E-state index contributed by atoms with van der Waals surface area (Å²) in [6.07, 6.45) is 1.83. The predicted octanol–water partition coefficient (Wildman–Crippen LogP) is 2.38. The van der Waals surface area contributed by atoms with Crippen LogP contribution in [0, 0.1) is 0 Å². The Morgan fingerprint density at radius 1 is 1.20 bits per heavy atom. The van der Waals surface area contributed by atoms with Crippen LogP contribution < -0.4 is 5.32 Å². The van der Waals surface area contributed by atoms with Gasteiger partial charge in [-0.25, -0.2) is 4.79 Å². The highest BCUT2D eigenvalue weighted by Crippen LogP contribution is 2.16. The van der Waals surface area contributed by atoms with E-state index in [1.54, 1.807) is 22.8 Å². The second-order valence-corrected chi connectivity index (χ2v) is 4.32. The number of aryl methyl sites for hydroxylation is 1. The fraction of sp³-hybridized carbons (Fsp3) is 0.0667. The molecule has 1 aromatic carbocycles. The summed E-state index contributed by atoms with van der Waals surface area (Å²) in [7, 11) is 1.83. The van der Waals surface area contributed by atoms with E-state index in [1.165, 1.54) is 12.1 Å². The Morgan fingerprint density at radius 3 is 2.35 bits per heavy atom. The maximum atomic E-state index is 12.0. The lowest BCUT2D eigenvalue weighted by Gasteiger charge is -2.09. The number of aromatic nitrogens is 1. The van der Waals surface area contributed by atoms with Crippen LogP contribution in [-0.4, -0.2) is 21.6 Å². The first kappa shape index (κ1) is 13.6. The van der Waals surface area contributed by atoms with E-state index in [0.717, 1.165) is 5.69 Å². The number of carboxylic acids is 1. The van der Waals surface area contributed by atoms with Crippen LogP contribution >= 0.6 is 0 Å². The summed E-state index contributed by atoms with van der Waals surface area (Å²) in [5, 5.41) is 11.5. The highest BCUT2D eigenvalue weighted by Gasteiger charge is 2.12. The molecule has 0 bridgehead atoms. The number of carbonyl (C=O) groups is 2. The molecule has 20 heavy (non-hydrogen) atoms. The normalized spacial score (nSPS) is 10.1. The van der Waals surface area contributed by atoms with E-state index in [9.17, 15) is 9.59 Å². The van der Waals surface area contributed by atoms with Crippen molar-refractivity contribution in [2.24, 2.45) is 7.05 Å². The minimum atomic E-state index is -1.00. The van der Waals surface area contributed by atoms with Crippen LogP contribution in [0.4, 0.5) is 5.69 Å². The molecule has 102 valence electrons. The summed E-state index contributed by atoms with van der Waals surface area (Å²) >= 11 is 0. The molecule has 2 rings (SSSR count). The van der Waals surface area contributed by atoms with Crippen molar-refractivity contribution >= 4 is 23.1 Å². The Balaban J connectivity index is 2.10. The van der Waals surface area contributed by atoms with Gasteiger partial charge in [0.1, 0.15) is 0 Å². The van der Waals surface area contributed by atoms with Gasteiger partial charge in [0, 0.05) is 18.9 Å². The molecule has 0 saturated carbocycles. The van der Waals surface area contributed by atoms with Gasteiger partial charge in [-0.1, -0.05) is 6.58 Å². The van der Waals surface area contributed by atoms with Gasteiger partial charge in [0.05, 0.1) is 16.8 Å². The maximum Gasteiger partial charge on any atom is 0.335 e. The molecule has 0 unspecified atom stereocenters. The first-order valence-electron chi connectivity index (χ1n) is 5.94. The summed E-state index contributed by atoms with van der Waals surface area (Å²) < 4.78 is 1.80. The van der Waals surface area contributed by atoms with Gasteiger partial charge in [-0.15, -0.1) is 0 Å². The number of hydrogen-bond acceptors (Lipinski definition) is 2. The van der Waals surface area contributed by atoms with Gasteiger partial charge >= 0.3 is 5.97 Å². The Kier molecular flexibility index (Phi) is 3.70. The number of anilines is 1. The number of rotatable bonds is 4. The summed E-state index contributed by atoms with van der Waals surface area (Å²) in [5.74, 6) is -1.33. The third kappa shape index (κ3) is 2.77. The first-order valence-corrected chi connectivity index (χ1v) is 5.94. The van der Waals surface area contributed by atoms with Crippen LogP contribution in [0.25, 0.3) is 5.57 Å². The zero-order valence-electron chi connectivity index (χ0n) is 11.0. The third-order valence-electron chi connectivity index (χ3n) is 2.92. The third-order valence-corrected chi connectivity index (χ3v) is 2.92. The van der Waals surface area contributed by atoms with Crippen molar-refractivity contribution in [3.63, 3.8) is 0 Å². The Labute approximate surface area is 116 Å². The minimum absolute atomic E-state index is 0.171. The van der Waals surface area contributed by atoms with Crippen molar-refractivity contribution in [1.29, 1.82) is 0 Å². The standard InChI is InChI=1S/C15H14N2O3/c1-10(13-4-3-9-17(13)2)14(18)16-12-7-5-11(6-8-12)15(19)20/h3-9H,1H2,2H3,(H,16,18)(H,19,20). The molecule has 0 atom stereocenters. The van der Waals surface area contributed by atoms with Gasteiger partial charge in [-0.05, 0) is 36.4 Å². The predicted molar refractivity (Wildman–Crippen MR) is 76.5 cm³/mol. The zero-order chi connectivity index (χ0) is 14.7. The minimum Gasteiger partial charge on any atom is -0.478 e. The number of nitrogens with zero attached hydrogens (tertiary/aromatic N) is 1. The van der Waals surface area contributed by atoms with Crippen molar-refractivity contribution < 1.29 is 14.7 Å². The molecule has 0 radical (unpaired) electrons. The number of nitrogens with one attached hydrogen (secondary N) is 1. The van der Waals surface area contributed by atoms with Crippen LogP contribution in [-0.2, 0) is 11.8 Å². The van der Waals surface area contributed by atoms with Gasteiger partial charge in [-0.3, -0.25) is 4.79 Å². The quantitative estimate of drug-likeness (QED) is 0.838. The topological polar surface area (TPSA) is 71.3 Å². The summed E-state index contributed by atoms with van der Waals surface area (Å²) in [6.45, 7) is 3.77. The molecule has 2 aromatic rings. The van der Waals surface area contributed by atoms with E-state index in [1.807, 2.05) is 19.3 Å². The lowest BCUT2D eigenvalue weighted by Crippen LogP contribution is -2.14. The number of benzene rings is 1. The van der Waals surface area contributed by atoms with E-state index < -0.39 is 5.97 Å². The van der Waals surface area contributed by atoms with E-state index in [4.69, 9.17) is 5.11 Å². The van der Waals surface area contributed by atoms with Gasteiger partial charge < -0.3 is 15.0 Å². The van der Waals surface area contributed by atoms with Crippen molar-refractivity contribution in [1.82, 2.24) is 4.57 Å². The highest BCUT2D eigenvalue weighted by molar-refractivity contribution is 6.24. The highest BCUT2D eigenvalue weighted by atomic mass is 16.4. The van der Waals surface area contributed by atoms with Crippen molar-refractivity contribution in [2.75, 3.05) is 5.32 Å². The monoisotopic (exact) mass is 270 g/mol. The lowest BCUT2D eigenvalue weighted by molar-refractivity contribution is -0.111. The van der Waals surface area contributed by atoms with Gasteiger partial charge in [0.25, 0.3) is 5.91 Å². The maximum absolute atomic E-state index is 12.0. The largest absolute Gasteiger partial charge is 0.478 e. The molecule has 5 nitrogen and oxygen atoms in total. The molecular formula is C15H14N2O3. The SMILES string of the molecule is C=C(C(=O)Nc1ccc(C(=O)O)cc1)c1cccn1C. The molecule has 5 heteroatoms. The number of carbonyl (C=O) groups excluding carboxylic acids is 1. The van der Waals surface area contributed by atoms with Crippen molar-refractivity contribution in [2.45, 2.75) is 0 Å². The molecule has 0 aliphatic rings. The molecular weight excluding hydrogens is 256 g/mol.